The Morgan fingerprint density at radius 1 is 1.06 bits per heavy atom. The van der Waals surface area contributed by atoms with Crippen molar-refractivity contribution in [3.8, 4) is 0 Å². The minimum absolute atomic E-state index is 0.0165. The molecule has 2 aromatic rings. The maximum absolute atomic E-state index is 13.2. The summed E-state index contributed by atoms with van der Waals surface area (Å²) in [7, 11) is 0. The maximum Gasteiger partial charge on any atom is 0.160 e. The molecule has 0 aromatic heterocycles. The first-order valence-electron chi connectivity index (χ1n) is 5.07. The Morgan fingerprint density at radius 3 is 2.33 bits per heavy atom. The van der Waals surface area contributed by atoms with Crippen LogP contribution in [0.3, 0.4) is 0 Å². The van der Waals surface area contributed by atoms with Crippen molar-refractivity contribution in [3.05, 3.63) is 68.7 Å². The number of aliphatic hydroxyl groups excluding tert-OH is 1. The van der Waals surface area contributed by atoms with Gasteiger partial charge in [0.15, 0.2) is 11.6 Å². The predicted molar refractivity (Wildman–Crippen MR) is 69.6 cm³/mol. The van der Waals surface area contributed by atoms with Crippen molar-refractivity contribution in [1.82, 2.24) is 0 Å². The maximum atomic E-state index is 13.2. The van der Waals surface area contributed by atoms with Crippen molar-refractivity contribution in [3.63, 3.8) is 0 Å². The van der Waals surface area contributed by atoms with E-state index in [-0.39, 0.29) is 10.6 Å². The number of benzene rings is 2. The second-order valence-electron chi connectivity index (χ2n) is 3.71. The van der Waals surface area contributed by atoms with Gasteiger partial charge in [0, 0.05) is 15.1 Å². The molecule has 0 heterocycles. The highest BCUT2D eigenvalue weighted by Crippen LogP contribution is 2.33. The molecule has 0 radical (unpaired) electrons. The van der Waals surface area contributed by atoms with E-state index in [1.54, 1.807) is 24.3 Å². The lowest BCUT2D eigenvalue weighted by Gasteiger charge is -2.15. The normalized spacial score (nSPS) is 12.5. The summed E-state index contributed by atoms with van der Waals surface area (Å²) in [6.45, 7) is 0. The van der Waals surface area contributed by atoms with Crippen LogP contribution in [0.1, 0.15) is 17.2 Å². The summed E-state index contributed by atoms with van der Waals surface area (Å²) < 4.78 is 26.8. The Hall–Kier alpha value is -0.970. The summed E-state index contributed by atoms with van der Waals surface area (Å²) in [4.78, 5) is 0. The zero-order valence-corrected chi connectivity index (χ0v) is 11.3. The molecule has 2 aromatic carbocycles. The summed E-state index contributed by atoms with van der Waals surface area (Å²) in [5, 5.41) is 10.1. The lowest BCUT2D eigenvalue weighted by molar-refractivity contribution is 0.219. The lowest BCUT2D eigenvalue weighted by Crippen LogP contribution is -2.03. The molecule has 0 aliphatic rings. The van der Waals surface area contributed by atoms with E-state index in [2.05, 4.69) is 15.9 Å². The molecule has 1 N–H and O–H groups in total. The molecule has 1 unspecified atom stereocenters. The highest BCUT2D eigenvalue weighted by atomic mass is 79.9. The van der Waals surface area contributed by atoms with Crippen LogP contribution >= 0.6 is 27.5 Å². The standard InChI is InChI=1S/C13H8BrClF2O/c14-9-4-2-1-3-7(9)13(18)8-5-11(16)12(17)6-10(8)15/h1-6,13,18H. The molecule has 0 saturated carbocycles. The topological polar surface area (TPSA) is 20.2 Å². The third kappa shape index (κ3) is 2.55. The Bertz CT molecular complexity index is 589. The minimum Gasteiger partial charge on any atom is -0.384 e. The number of halogens is 4. The quantitative estimate of drug-likeness (QED) is 0.804. The van der Waals surface area contributed by atoms with Gasteiger partial charge in [-0.05, 0) is 23.8 Å². The van der Waals surface area contributed by atoms with Crippen molar-refractivity contribution in [2.24, 2.45) is 0 Å². The largest absolute Gasteiger partial charge is 0.384 e. The monoisotopic (exact) mass is 332 g/mol. The van der Waals surface area contributed by atoms with Crippen LogP contribution in [0.2, 0.25) is 5.02 Å². The fourth-order valence-corrected chi connectivity index (χ4v) is 2.37. The van der Waals surface area contributed by atoms with E-state index in [1.807, 2.05) is 0 Å². The van der Waals surface area contributed by atoms with E-state index in [0.29, 0.717) is 10.0 Å². The van der Waals surface area contributed by atoms with Crippen molar-refractivity contribution in [2.75, 3.05) is 0 Å². The van der Waals surface area contributed by atoms with Gasteiger partial charge < -0.3 is 5.11 Å². The highest BCUT2D eigenvalue weighted by molar-refractivity contribution is 9.10. The van der Waals surface area contributed by atoms with Crippen molar-refractivity contribution >= 4 is 27.5 Å². The Labute approximate surface area is 116 Å². The van der Waals surface area contributed by atoms with Crippen LogP contribution in [0.15, 0.2) is 40.9 Å². The van der Waals surface area contributed by atoms with Gasteiger partial charge in [-0.15, -0.1) is 0 Å². The van der Waals surface area contributed by atoms with Gasteiger partial charge in [-0.2, -0.15) is 0 Å². The van der Waals surface area contributed by atoms with E-state index >= 15 is 0 Å². The van der Waals surface area contributed by atoms with Gasteiger partial charge >= 0.3 is 0 Å². The van der Waals surface area contributed by atoms with Crippen LogP contribution in [0.4, 0.5) is 8.78 Å². The molecular formula is C13H8BrClF2O. The number of hydrogen-bond acceptors (Lipinski definition) is 1. The molecule has 0 bridgehead atoms. The molecule has 0 saturated heterocycles. The smallest absolute Gasteiger partial charge is 0.160 e. The van der Waals surface area contributed by atoms with E-state index in [1.165, 1.54) is 0 Å². The summed E-state index contributed by atoms with van der Waals surface area (Å²) in [6.07, 6.45) is -1.12. The van der Waals surface area contributed by atoms with Gasteiger partial charge in [-0.3, -0.25) is 0 Å². The number of hydrogen-bond donors (Lipinski definition) is 1. The lowest BCUT2D eigenvalue weighted by atomic mass is 10.0. The fraction of sp³-hybridized carbons (Fsp3) is 0.0769. The first-order chi connectivity index (χ1) is 8.50. The third-order valence-electron chi connectivity index (χ3n) is 2.53. The highest BCUT2D eigenvalue weighted by Gasteiger charge is 2.18. The zero-order valence-electron chi connectivity index (χ0n) is 9.00. The molecule has 1 nitrogen and oxygen atoms in total. The van der Waals surface area contributed by atoms with Gasteiger partial charge in [0.1, 0.15) is 6.10 Å². The Kier molecular flexibility index (Phi) is 4.00. The first-order valence-corrected chi connectivity index (χ1v) is 6.24. The van der Waals surface area contributed by atoms with Crippen molar-refractivity contribution in [2.45, 2.75) is 6.10 Å². The molecule has 2 rings (SSSR count). The molecule has 18 heavy (non-hydrogen) atoms. The van der Waals surface area contributed by atoms with Crippen LogP contribution in [0.5, 0.6) is 0 Å². The number of rotatable bonds is 2. The molecule has 1 atom stereocenters. The molecule has 5 heteroatoms. The van der Waals surface area contributed by atoms with E-state index in [0.717, 1.165) is 12.1 Å². The summed E-state index contributed by atoms with van der Waals surface area (Å²) in [5.74, 6) is -2.08. The third-order valence-corrected chi connectivity index (χ3v) is 3.58. The molecule has 0 aliphatic carbocycles. The minimum atomic E-state index is -1.12. The Balaban J connectivity index is 2.50. The first kappa shape index (κ1) is 13.5. The fourth-order valence-electron chi connectivity index (χ4n) is 1.61. The van der Waals surface area contributed by atoms with Gasteiger partial charge in [-0.25, -0.2) is 8.78 Å². The van der Waals surface area contributed by atoms with Crippen LogP contribution in [-0.2, 0) is 0 Å². The average Bonchev–Trinajstić information content (AvgIpc) is 2.33. The molecule has 94 valence electrons. The van der Waals surface area contributed by atoms with Crippen LogP contribution < -0.4 is 0 Å². The van der Waals surface area contributed by atoms with Crippen LogP contribution in [-0.4, -0.2) is 5.11 Å². The predicted octanol–water partition coefficient (Wildman–Crippen LogP) is 4.46. The van der Waals surface area contributed by atoms with Crippen molar-refractivity contribution < 1.29 is 13.9 Å². The van der Waals surface area contributed by atoms with Crippen LogP contribution in [0, 0.1) is 11.6 Å². The average molecular weight is 334 g/mol. The van der Waals surface area contributed by atoms with Crippen molar-refractivity contribution in [1.29, 1.82) is 0 Å². The molecule has 0 aliphatic heterocycles. The van der Waals surface area contributed by atoms with Gasteiger partial charge in [0.2, 0.25) is 0 Å². The van der Waals surface area contributed by atoms with E-state index in [9.17, 15) is 13.9 Å². The molecule has 0 fully saturated rings. The Morgan fingerprint density at radius 2 is 1.67 bits per heavy atom. The molecular weight excluding hydrogens is 325 g/mol. The SMILES string of the molecule is OC(c1cc(F)c(F)cc1Cl)c1ccccc1Br. The van der Waals surface area contributed by atoms with Gasteiger partial charge in [0.25, 0.3) is 0 Å². The zero-order chi connectivity index (χ0) is 13.3. The summed E-state index contributed by atoms with van der Waals surface area (Å²) >= 11 is 9.10. The summed E-state index contributed by atoms with van der Waals surface area (Å²) in [5.41, 5.74) is 0.660. The van der Waals surface area contributed by atoms with E-state index in [4.69, 9.17) is 11.6 Å². The summed E-state index contributed by atoms with van der Waals surface area (Å²) in [6, 6.07) is 8.69. The van der Waals surface area contributed by atoms with Gasteiger partial charge in [0.05, 0.1) is 0 Å². The number of aliphatic hydroxyl groups is 1. The second kappa shape index (κ2) is 5.34. The van der Waals surface area contributed by atoms with Crippen LogP contribution in [0.25, 0.3) is 0 Å². The molecule has 0 amide bonds. The van der Waals surface area contributed by atoms with Gasteiger partial charge in [-0.1, -0.05) is 45.7 Å². The molecule has 0 spiro atoms. The second-order valence-corrected chi connectivity index (χ2v) is 4.97. The van der Waals surface area contributed by atoms with E-state index < -0.39 is 17.7 Å².